The molecule has 0 aliphatic rings. The SMILES string of the molecule is Fc1ccc(Br)cc1Oc1ccc(Cl)c(CCl)n1. The molecule has 94 valence electrons. The molecule has 0 unspecified atom stereocenters. The number of hydrogen-bond donors (Lipinski definition) is 0. The molecule has 0 bridgehead atoms. The van der Waals surface area contributed by atoms with Gasteiger partial charge in [-0.1, -0.05) is 27.5 Å². The minimum atomic E-state index is -0.470. The second-order valence-electron chi connectivity index (χ2n) is 3.39. The molecule has 2 rings (SSSR count). The van der Waals surface area contributed by atoms with Crippen molar-refractivity contribution in [3.63, 3.8) is 0 Å². The van der Waals surface area contributed by atoms with Gasteiger partial charge < -0.3 is 4.74 Å². The van der Waals surface area contributed by atoms with Crippen molar-refractivity contribution in [3.8, 4) is 11.6 Å². The van der Waals surface area contributed by atoms with Crippen molar-refractivity contribution in [2.24, 2.45) is 0 Å². The number of alkyl halides is 1. The summed E-state index contributed by atoms with van der Waals surface area (Å²) in [5, 5.41) is 0.451. The predicted octanol–water partition coefficient (Wildman–Crippen LogP) is 5.17. The number of rotatable bonds is 3. The molecule has 18 heavy (non-hydrogen) atoms. The quantitative estimate of drug-likeness (QED) is 0.712. The van der Waals surface area contributed by atoms with Crippen LogP contribution >= 0.6 is 39.1 Å². The average Bonchev–Trinajstić information content (AvgIpc) is 2.36. The highest BCUT2D eigenvalue weighted by Gasteiger charge is 2.08. The summed E-state index contributed by atoms with van der Waals surface area (Å²) in [6.45, 7) is 0. The van der Waals surface area contributed by atoms with E-state index in [1.165, 1.54) is 12.1 Å². The Balaban J connectivity index is 2.31. The van der Waals surface area contributed by atoms with Gasteiger partial charge in [0.15, 0.2) is 11.6 Å². The van der Waals surface area contributed by atoms with Crippen LogP contribution in [0, 0.1) is 5.82 Å². The molecule has 1 aromatic carbocycles. The van der Waals surface area contributed by atoms with E-state index in [-0.39, 0.29) is 17.5 Å². The first-order valence-corrected chi connectivity index (χ1v) is 6.65. The summed E-state index contributed by atoms with van der Waals surface area (Å²) in [5.41, 5.74) is 0.492. The number of pyridine rings is 1. The molecule has 1 aromatic heterocycles. The number of nitrogens with zero attached hydrogens (tertiary/aromatic N) is 1. The first kappa shape index (κ1) is 13.6. The van der Waals surface area contributed by atoms with E-state index < -0.39 is 5.82 Å². The van der Waals surface area contributed by atoms with Crippen LogP contribution in [0.25, 0.3) is 0 Å². The minimum absolute atomic E-state index is 0.0831. The van der Waals surface area contributed by atoms with Crippen LogP contribution in [0.1, 0.15) is 5.69 Å². The van der Waals surface area contributed by atoms with E-state index in [0.29, 0.717) is 15.2 Å². The Kier molecular flexibility index (Phi) is 4.43. The summed E-state index contributed by atoms with van der Waals surface area (Å²) in [5.74, 6) is 0.0194. The highest BCUT2D eigenvalue weighted by molar-refractivity contribution is 9.10. The summed E-state index contributed by atoms with van der Waals surface area (Å²) < 4.78 is 19.6. The first-order valence-electron chi connectivity index (χ1n) is 4.94. The molecule has 0 saturated carbocycles. The zero-order valence-corrected chi connectivity index (χ0v) is 12.1. The van der Waals surface area contributed by atoms with Crippen molar-refractivity contribution < 1.29 is 9.13 Å². The molecule has 2 aromatic rings. The van der Waals surface area contributed by atoms with E-state index in [0.717, 1.165) is 0 Å². The van der Waals surface area contributed by atoms with Crippen LogP contribution in [0.4, 0.5) is 4.39 Å². The second-order valence-corrected chi connectivity index (χ2v) is 4.98. The van der Waals surface area contributed by atoms with Crippen LogP contribution in [0.15, 0.2) is 34.8 Å². The Hall–Kier alpha value is -0.840. The maximum atomic E-state index is 13.5. The van der Waals surface area contributed by atoms with Gasteiger partial charge >= 0.3 is 0 Å². The molecule has 0 saturated heterocycles. The number of aromatic nitrogens is 1. The summed E-state index contributed by atoms with van der Waals surface area (Å²) in [6, 6.07) is 7.57. The van der Waals surface area contributed by atoms with Crippen LogP contribution in [0.2, 0.25) is 5.02 Å². The summed E-state index contributed by atoms with van der Waals surface area (Å²) in [7, 11) is 0. The average molecular weight is 351 g/mol. The third kappa shape index (κ3) is 3.13. The number of benzene rings is 1. The maximum Gasteiger partial charge on any atom is 0.219 e. The molecule has 0 radical (unpaired) electrons. The van der Waals surface area contributed by atoms with Gasteiger partial charge in [-0.05, 0) is 24.3 Å². The van der Waals surface area contributed by atoms with Crippen molar-refractivity contribution in [2.45, 2.75) is 5.88 Å². The molecule has 0 spiro atoms. The van der Waals surface area contributed by atoms with Gasteiger partial charge in [-0.2, -0.15) is 0 Å². The monoisotopic (exact) mass is 349 g/mol. The van der Waals surface area contributed by atoms with Crippen LogP contribution in [-0.2, 0) is 5.88 Å². The van der Waals surface area contributed by atoms with Crippen molar-refractivity contribution in [1.82, 2.24) is 4.98 Å². The van der Waals surface area contributed by atoms with Crippen LogP contribution < -0.4 is 4.74 Å². The Morgan fingerprint density at radius 2 is 2.06 bits per heavy atom. The van der Waals surface area contributed by atoms with E-state index >= 15 is 0 Å². The van der Waals surface area contributed by atoms with Gasteiger partial charge in [-0.15, -0.1) is 11.6 Å². The maximum absolute atomic E-state index is 13.5. The zero-order chi connectivity index (χ0) is 13.1. The van der Waals surface area contributed by atoms with Gasteiger partial charge in [0.05, 0.1) is 16.6 Å². The lowest BCUT2D eigenvalue weighted by Gasteiger charge is -2.08. The van der Waals surface area contributed by atoms with Gasteiger partial charge in [0.2, 0.25) is 5.88 Å². The van der Waals surface area contributed by atoms with E-state index in [1.54, 1.807) is 18.2 Å². The fourth-order valence-corrected chi connectivity index (χ4v) is 2.07. The van der Waals surface area contributed by atoms with Gasteiger partial charge in [0.25, 0.3) is 0 Å². The molecule has 0 N–H and O–H groups in total. The standard InChI is InChI=1S/C12H7BrCl2FNO/c13-7-1-3-9(16)11(5-7)18-12-4-2-8(15)10(6-14)17-12/h1-5H,6H2. The van der Waals surface area contributed by atoms with E-state index in [4.69, 9.17) is 27.9 Å². The summed E-state index contributed by atoms with van der Waals surface area (Å²) in [4.78, 5) is 4.09. The van der Waals surface area contributed by atoms with Crippen LogP contribution in [0.3, 0.4) is 0 Å². The highest BCUT2D eigenvalue weighted by atomic mass is 79.9. The summed E-state index contributed by atoms with van der Waals surface area (Å²) >= 11 is 14.8. The van der Waals surface area contributed by atoms with Crippen molar-refractivity contribution in [3.05, 3.63) is 51.3 Å². The molecule has 2 nitrogen and oxygen atoms in total. The Morgan fingerprint density at radius 1 is 1.28 bits per heavy atom. The topological polar surface area (TPSA) is 22.1 Å². The molecule has 1 heterocycles. The largest absolute Gasteiger partial charge is 0.436 e. The molecule has 0 aliphatic carbocycles. The molecule has 0 aliphatic heterocycles. The molecule has 0 fully saturated rings. The van der Waals surface area contributed by atoms with Gasteiger partial charge in [-0.3, -0.25) is 0 Å². The third-order valence-corrected chi connectivity index (χ3v) is 3.22. The van der Waals surface area contributed by atoms with Gasteiger partial charge in [0, 0.05) is 10.5 Å². The van der Waals surface area contributed by atoms with Crippen molar-refractivity contribution >= 4 is 39.1 Å². The molecule has 0 atom stereocenters. The Labute approximate surface area is 122 Å². The van der Waals surface area contributed by atoms with Crippen molar-refractivity contribution in [2.75, 3.05) is 0 Å². The second kappa shape index (κ2) is 5.87. The predicted molar refractivity (Wildman–Crippen MR) is 73.0 cm³/mol. The van der Waals surface area contributed by atoms with Gasteiger partial charge in [-0.25, -0.2) is 9.37 Å². The number of hydrogen-bond acceptors (Lipinski definition) is 2. The normalized spacial score (nSPS) is 10.4. The summed E-state index contributed by atoms with van der Waals surface area (Å²) in [6.07, 6.45) is 0. The smallest absolute Gasteiger partial charge is 0.219 e. The van der Waals surface area contributed by atoms with Crippen LogP contribution in [-0.4, -0.2) is 4.98 Å². The lowest BCUT2D eigenvalue weighted by atomic mass is 10.3. The number of halogens is 4. The highest BCUT2D eigenvalue weighted by Crippen LogP contribution is 2.28. The third-order valence-electron chi connectivity index (χ3n) is 2.13. The molecular formula is C12H7BrCl2FNO. The fraction of sp³-hybridized carbons (Fsp3) is 0.0833. The van der Waals surface area contributed by atoms with Crippen LogP contribution in [0.5, 0.6) is 11.6 Å². The number of ether oxygens (including phenoxy) is 1. The molecule has 0 amide bonds. The lowest BCUT2D eigenvalue weighted by molar-refractivity contribution is 0.426. The van der Waals surface area contributed by atoms with Crippen molar-refractivity contribution in [1.29, 1.82) is 0 Å². The fourth-order valence-electron chi connectivity index (χ4n) is 1.28. The lowest BCUT2D eigenvalue weighted by Crippen LogP contribution is -1.94. The Bertz CT molecular complexity index is 580. The van der Waals surface area contributed by atoms with E-state index in [1.807, 2.05) is 0 Å². The Morgan fingerprint density at radius 3 is 2.78 bits per heavy atom. The van der Waals surface area contributed by atoms with E-state index in [9.17, 15) is 4.39 Å². The molecule has 6 heteroatoms. The van der Waals surface area contributed by atoms with Gasteiger partial charge in [0.1, 0.15) is 0 Å². The molecular weight excluding hydrogens is 344 g/mol. The van der Waals surface area contributed by atoms with E-state index in [2.05, 4.69) is 20.9 Å². The zero-order valence-electron chi connectivity index (χ0n) is 8.96. The first-order chi connectivity index (χ1) is 8.60. The minimum Gasteiger partial charge on any atom is -0.436 e.